The van der Waals surface area contributed by atoms with E-state index in [9.17, 15) is 72.8 Å². The molecular weight excluding hydrogens is 956 g/mol. The SMILES string of the molecule is C=C1NC(N)=Nc2c1n(C)c[n+]2[C@@H]1O[C@H](COP(=O)([O-])OC[C@H](OP(=O)([O-])[O-])[C@H](COP(=O)([O-])OC[C@H]2O[C@@H]([n+]3cn(C)c4c(=O)[nH]c(N)nc43)[C@H](O)[C@@H]2O)OP(=O)([O-])O)[C@@H](O)[C@H]1O. The molecule has 3 aliphatic heterocycles. The predicted octanol–water partition coefficient (Wildman–Crippen LogP) is -8.72. The second-order valence-corrected chi connectivity index (χ2v) is 19.1. The number of imidazole rings is 2. The highest BCUT2D eigenvalue weighted by atomic mass is 31.2. The van der Waals surface area contributed by atoms with E-state index in [0.29, 0.717) is 11.4 Å². The average molecular weight is 996 g/mol. The fourth-order valence-corrected chi connectivity index (χ4v) is 9.24. The van der Waals surface area contributed by atoms with Crippen LogP contribution in [0.5, 0.6) is 0 Å². The van der Waals surface area contributed by atoms with E-state index < -0.39 is 125 Å². The van der Waals surface area contributed by atoms with Crippen LogP contribution in [0.2, 0.25) is 0 Å². The fourth-order valence-electron chi connectivity index (χ4n) is 6.71. The van der Waals surface area contributed by atoms with Crippen LogP contribution in [0.4, 0.5) is 11.8 Å². The standard InChI is InChI=1S/C27H42N10O23P4/c1-10-15-21(31-26(28)30-10)36(8-34(15)2)24-19(40)17(38)13(57-24)6-55-63(49,50)53-4-11(59-61(43,44)45)12(60-62(46,47)48)5-54-64(51,52)56-7-14-18(39)20(41)25(58-14)37-9-35(3)16-22(37)32-27(29)33-23(16)42/h8-9,11-14,17-20,24-25,38-41H,1,4-7H2,2-3H3,(H10-2,28,29,30,31,32,33,42,43,44,45,46,47,48,49,50,51,52)/p-3/t11-,12-,13+,14+,17+,18+,19+,20+,24+,25+/m0/s1. The molecule has 6 heterocycles. The number of fused-ring (bicyclic) bond motifs is 2. The van der Waals surface area contributed by atoms with Gasteiger partial charge >= 0.3 is 11.5 Å². The van der Waals surface area contributed by atoms with Crippen molar-refractivity contribution in [3.8, 4) is 0 Å². The Hall–Kier alpha value is -3.43. The molecule has 13 atom stereocenters. The summed E-state index contributed by atoms with van der Waals surface area (Å²) < 4.78 is 92.0. The van der Waals surface area contributed by atoms with Crippen molar-refractivity contribution in [1.29, 1.82) is 0 Å². The van der Waals surface area contributed by atoms with Gasteiger partial charge in [-0.3, -0.25) is 32.6 Å². The predicted molar refractivity (Wildman–Crippen MR) is 193 cm³/mol. The molecular formula is C27H39N10O23P4-3. The Labute approximate surface area is 357 Å². The molecule has 0 amide bonds. The zero-order valence-corrected chi connectivity index (χ0v) is 36.3. The van der Waals surface area contributed by atoms with Gasteiger partial charge in [0.2, 0.25) is 18.0 Å². The number of aryl methyl sites for hydroxylation is 2. The number of guanidine groups is 1. The maximum atomic E-state index is 12.8. The van der Waals surface area contributed by atoms with Crippen LogP contribution in [0.15, 0.2) is 29.0 Å². The van der Waals surface area contributed by atoms with Crippen molar-refractivity contribution in [3.05, 3.63) is 35.3 Å². The van der Waals surface area contributed by atoms with Crippen molar-refractivity contribution in [2.24, 2.45) is 24.8 Å². The summed E-state index contributed by atoms with van der Waals surface area (Å²) in [5.74, 6) is -0.277. The Balaban J connectivity index is 1.09. The van der Waals surface area contributed by atoms with Crippen molar-refractivity contribution in [3.63, 3.8) is 0 Å². The second-order valence-electron chi connectivity index (χ2n) is 14.0. The lowest BCUT2D eigenvalue weighted by atomic mass is 10.1. The quantitative estimate of drug-likeness (QED) is 0.0398. The number of nitrogens with one attached hydrogen (secondary N) is 2. The van der Waals surface area contributed by atoms with Gasteiger partial charge in [-0.15, -0.1) is 0 Å². The summed E-state index contributed by atoms with van der Waals surface area (Å²) >= 11 is 0. The molecule has 64 heavy (non-hydrogen) atoms. The van der Waals surface area contributed by atoms with Crippen LogP contribution in [0, 0.1) is 0 Å². The molecule has 0 spiro atoms. The number of nitrogens with zero attached hydrogens (tertiary/aromatic N) is 6. The lowest BCUT2D eigenvalue weighted by Gasteiger charge is -2.39. The van der Waals surface area contributed by atoms with Gasteiger partial charge in [0.25, 0.3) is 40.9 Å². The van der Waals surface area contributed by atoms with Crippen LogP contribution >= 0.6 is 31.3 Å². The number of nitrogens with two attached hydrogens (primary N) is 2. The molecule has 37 heteroatoms. The Bertz CT molecular complexity index is 2540. The van der Waals surface area contributed by atoms with E-state index in [1.165, 1.54) is 33.4 Å². The van der Waals surface area contributed by atoms with Crippen molar-refractivity contribution in [2.75, 3.05) is 32.2 Å². The van der Waals surface area contributed by atoms with Gasteiger partial charge < -0.3 is 108 Å². The van der Waals surface area contributed by atoms with Crippen molar-refractivity contribution < 1.29 is 114 Å². The molecule has 358 valence electrons. The second kappa shape index (κ2) is 18.7. The van der Waals surface area contributed by atoms with Crippen LogP contribution in [0.3, 0.4) is 0 Å². The first-order valence-corrected chi connectivity index (χ1v) is 23.8. The number of phosphoric ester groups is 4. The van der Waals surface area contributed by atoms with Gasteiger partial charge in [-0.05, 0) is 0 Å². The number of anilines is 1. The van der Waals surface area contributed by atoms with Gasteiger partial charge in [-0.1, -0.05) is 16.6 Å². The molecule has 0 saturated carbocycles. The minimum Gasteiger partial charge on any atom is -0.790 e. The van der Waals surface area contributed by atoms with Gasteiger partial charge in [-0.25, -0.2) is 9.13 Å². The molecule has 0 radical (unpaired) electrons. The van der Waals surface area contributed by atoms with E-state index in [-0.39, 0.29) is 28.9 Å². The van der Waals surface area contributed by atoms with Crippen LogP contribution in [0.1, 0.15) is 18.1 Å². The highest BCUT2D eigenvalue weighted by Gasteiger charge is 2.49. The maximum Gasteiger partial charge on any atom is 0.313 e. The van der Waals surface area contributed by atoms with E-state index in [1.54, 1.807) is 7.05 Å². The molecule has 3 aromatic rings. The third-order valence-corrected chi connectivity index (χ3v) is 12.4. The summed E-state index contributed by atoms with van der Waals surface area (Å²) in [5.41, 5.74) is 11.3. The number of aromatic amines is 1. The summed E-state index contributed by atoms with van der Waals surface area (Å²) in [6, 6.07) is 0. The summed E-state index contributed by atoms with van der Waals surface area (Å²) in [4.78, 5) is 92.6. The minimum absolute atomic E-state index is 0.0372. The highest BCUT2D eigenvalue weighted by Crippen LogP contribution is 2.45. The third kappa shape index (κ3) is 11.4. The number of hydrogen-bond acceptors (Lipinski definition) is 27. The van der Waals surface area contributed by atoms with Crippen LogP contribution in [-0.2, 0) is 69.0 Å². The number of ether oxygens (including phenoxy) is 2. The molecule has 2 fully saturated rings. The molecule has 6 rings (SSSR count). The van der Waals surface area contributed by atoms with Gasteiger partial charge in [-0.2, -0.15) is 0 Å². The van der Waals surface area contributed by atoms with Crippen LogP contribution in [-0.4, -0.2) is 126 Å². The number of hydrogen-bond donors (Lipinski definition) is 9. The Morgan fingerprint density at radius 2 is 1.33 bits per heavy atom. The molecule has 33 nitrogen and oxygen atoms in total. The molecule has 0 aliphatic carbocycles. The van der Waals surface area contributed by atoms with E-state index in [4.69, 9.17) is 25.5 Å². The van der Waals surface area contributed by atoms with E-state index in [0.717, 1.165) is 4.57 Å². The number of aliphatic hydroxyl groups is 4. The first kappa shape index (κ1) is 50.0. The van der Waals surface area contributed by atoms with Crippen LogP contribution in [0.25, 0.3) is 16.9 Å². The zero-order chi connectivity index (χ0) is 47.4. The smallest absolute Gasteiger partial charge is 0.313 e. The summed E-state index contributed by atoms with van der Waals surface area (Å²) in [6.07, 6.45) is -16.4. The van der Waals surface area contributed by atoms with Gasteiger partial charge in [0.15, 0.2) is 18.3 Å². The first-order chi connectivity index (χ1) is 29.5. The number of H-pyrrole nitrogens is 1. The minimum atomic E-state index is -6.29. The Morgan fingerprint density at radius 1 is 0.828 bits per heavy atom. The molecule has 3 unspecified atom stereocenters. The number of rotatable bonds is 19. The van der Waals surface area contributed by atoms with E-state index >= 15 is 0 Å². The molecule has 3 aliphatic rings. The largest absolute Gasteiger partial charge is 0.790 e. The third-order valence-electron chi connectivity index (χ3n) is 9.45. The molecule has 2 saturated heterocycles. The summed E-state index contributed by atoms with van der Waals surface area (Å²) in [7, 11) is -20.9. The number of aliphatic hydroxyl groups excluding tert-OH is 4. The molecule has 11 N–H and O–H groups in total. The number of aromatic nitrogens is 6. The van der Waals surface area contributed by atoms with Gasteiger partial charge in [0.1, 0.15) is 48.8 Å². The summed E-state index contributed by atoms with van der Waals surface area (Å²) in [5, 5.41) is 45.4. The lowest BCUT2D eigenvalue weighted by Crippen LogP contribution is -2.46. The first-order valence-electron chi connectivity index (χ1n) is 17.9. The average Bonchev–Trinajstić information content (AvgIpc) is 3.85. The number of aliphatic imine (C=N–C) groups is 1. The fraction of sp³-hybridized carbons (Fsp3) is 0.593. The van der Waals surface area contributed by atoms with Crippen molar-refractivity contribution >= 4 is 65.9 Å². The van der Waals surface area contributed by atoms with E-state index in [2.05, 4.69) is 49.5 Å². The molecule has 0 aromatic carbocycles. The molecule has 0 bridgehead atoms. The summed E-state index contributed by atoms with van der Waals surface area (Å²) in [6.45, 7) is -1.87. The normalized spacial score (nSPS) is 28.8. The van der Waals surface area contributed by atoms with Gasteiger partial charge in [0, 0.05) is 0 Å². The Morgan fingerprint density at radius 3 is 1.84 bits per heavy atom. The van der Waals surface area contributed by atoms with Crippen LogP contribution < -0.4 is 55.9 Å². The topological polar surface area (TPSA) is 498 Å². The van der Waals surface area contributed by atoms with E-state index in [1.807, 2.05) is 0 Å². The number of phosphoric acid groups is 4. The molecule has 3 aromatic heterocycles. The Kier molecular flexibility index (Phi) is 14.6. The number of nitrogen functional groups attached to an aromatic ring is 1. The lowest BCUT2D eigenvalue weighted by molar-refractivity contribution is -0.754. The maximum absolute atomic E-state index is 12.8. The zero-order valence-electron chi connectivity index (χ0n) is 32.7. The monoisotopic (exact) mass is 995 g/mol. The van der Waals surface area contributed by atoms with Crippen molar-refractivity contribution in [1.82, 2.24) is 24.4 Å². The van der Waals surface area contributed by atoms with Crippen molar-refractivity contribution in [2.45, 2.75) is 61.3 Å². The highest BCUT2D eigenvalue weighted by molar-refractivity contribution is 7.46. The van der Waals surface area contributed by atoms with Gasteiger partial charge in [0.05, 0.1) is 54.0 Å².